The molecule has 0 radical (unpaired) electrons. The third kappa shape index (κ3) is 275. The summed E-state index contributed by atoms with van der Waals surface area (Å²) in [6, 6.07) is 0. The molecular formula is C2H12N3O3P. The Morgan fingerprint density at radius 3 is 1.33 bits per heavy atom. The Morgan fingerprint density at radius 1 is 1.22 bits per heavy atom. The molecule has 0 saturated carbocycles. The molecule has 0 spiro atoms. The van der Waals surface area contributed by atoms with E-state index in [1.807, 2.05) is 0 Å². The normalized spacial score (nSPS) is 9.89. The first kappa shape index (κ1) is 11.8. The molecule has 0 unspecified atom stereocenters. The van der Waals surface area contributed by atoms with E-state index in [1.54, 1.807) is 0 Å². The number of nitrogens with two attached hydrogens (primary N) is 3. The molecule has 58 valence electrons. The molecule has 0 amide bonds. The predicted octanol–water partition coefficient (Wildman–Crippen LogP) is -2.06. The zero-order valence-electron chi connectivity index (χ0n) is 4.90. The first-order valence-electron chi connectivity index (χ1n) is 2.16. The number of rotatable bonds is 1. The van der Waals surface area contributed by atoms with Crippen molar-refractivity contribution in [1.29, 1.82) is 0 Å². The minimum Gasteiger partial charge on any atom is -0.329 e. The van der Waals surface area contributed by atoms with Crippen LogP contribution in [0.4, 0.5) is 0 Å². The van der Waals surface area contributed by atoms with E-state index in [9.17, 15) is 0 Å². The van der Waals surface area contributed by atoms with Crippen LogP contribution in [-0.2, 0) is 4.57 Å². The van der Waals surface area contributed by atoms with Crippen molar-refractivity contribution in [3.8, 4) is 0 Å². The van der Waals surface area contributed by atoms with Crippen LogP contribution in [0.1, 0.15) is 0 Å². The van der Waals surface area contributed by atoms with Gasteiger partial charge in [-0.2, -0.15) is 0 Å². The third-order valence-electron chi connectivity index (χ3n) is 0.167. The molecule has 0 aliphatic heterocycles. The van der Waals surface area contributed by atoms with Gasteiger partial charge in [-0.25, -0.2) is 10.1 Å². The molecule has 0 rings (SSSR count). The SMILES string of the molecule is NCCN.NP(=O)(O)O. The van der Waals surface area contributed by atoms with E-state index in [1.165, 1.54) is 0 Å². The Morgan fingerprint density at radius 2 is 1.33 bits per heavy atom. The van der Waals surface area contributed by atoms with E-state index in [-0.39, 0.29) is 0 Å². The zero-order chi connectivity index (χ0) is 7.91. The van der Waals surface area contributed by atoms with Gasteiger partial charge in [-0.15, -0.1) is 0 Å². The predicted molar refractivity (Wildman–Crippen MR) is 34.3 cm³/mol. The van der Waals surface area contributed by atoms with Gasteiger partial charge >= 0.3 is 7.75 Å². The van der Waals surface area contributed by atoms with Gasteiger partial charge in [0.1, 0.15) is 0 Å². The van der Waals surface area contributed by atoms with Crippen molar-refractivity contribution >= 4 is 7.75 Å². The van der Waals surface area contributed by atoms with Gasteiger partial charge in [-0.3, -0.25) is 0 Å². The van der Waals surface area contributed by atoms with E-state index in [0.29, 0.717) is 13.1 Å². The van der Waals surface area contributed by atoms with E-state index >= 15 is 0 Å². The molecule has 0 aromatic rings. The van der Waals surface area contributed by atoms with E-state index in [0.717, 1.165) is 0 Å². The van der Waals surface area contributed by atoms with Crippen molar-refractivity contribution in [2.45, 2.75) is 0 Å². The van der Waals surface area contributed by atoms with E-state index in [2.05, 4.69) is 5.50 Å². The van der Waals surface area contributed by atoms with Crippen molar-refractivity contribution in [3.63, 3.8) is 0 Å². The highest BCUT2D eigenvalue weighted by molar-refractivity contribution is 7.49. The van der Waals surface area contributed by atoms with Gasteiger partial charge in [0.25, 0.3) is 0 Å². The standard InChI is InChI=1S/C2H8N2.H4NO3P/c3-1-2-4;1-5(2,3)4/h1-4H2;(H4,1,2,3,4). The highest BCUT2D eigenvalue weighted by Crippen LogP contribution is 2.20. The summed E-state index contributed by atoms with van der Waals surface area (Å²) in [5, 5.41) is 0. The maximum absolute atomic E-state index is 9.10. The smallest absolute Gasteiger partial charge is 0.329 e. The van der Waals surface area contributed by atoms with Crippen LogP contribution in [-0.4, -0.2) is 22.9 Å². The first-order chi connectivity index (χ1) is 3.91. The van der Waals surface area contributed by atoms with Crippen molar-refractivity contribution in [1.82, 2.24) is 0 Å². The highest BCUT2D eigenvalue weighted by Gasteiger charge is 1.96. The average Bonchev–Trinajstić information content (AvgIpc) is 1.61. The molecule has 6 nitrogen and oxygen atoms in total. The second-order valence-corrected chi connectivity index (χ2v) is 2.34. The Hall–Kier alpha value is 0.0300. The lowest BCUT2D eigenvalue weighted by Gasteiger charge is -1.84. The summed E-state index contributed by atoms with van der Waals surface area (Å²) in [5.74, 6) is 0. The molecule has 0 bridgehead atoms. The van der Waals surface area contributed by atoms with Gasteiger partial charge in [0, 0.05) is 13.1 Å². The molecule has 0 heterocycles. The van der Waals surface area contributed by atoms with Crippen molar-refractivity contribution in [3.05, 3.63) is 0 Å². The van der Waals surface area contributed by atoms with Crippen LogP contribution >= 0.6 is 7.75 Å². The fraction of sp³-hybridized carbons (Fsp3) is 1.00. The van der Waals surface area contributed by atoms with Gasteiger partial charge < -0.3 is 21.3 Å². The zero-order valence-corrected chi connectivity index (χ0v) is 5.79. The first-order valence-corrected chi connectivity index (χ1v) is 3.84. The third-order valence-corrected chi connectivity index (χ3v) is 0.167. The van der Waals surface area contributed by atoms with Crippen LogP contribution in [0.3, 0.4) is 0 Å². The Labute approximate surface area is 53.2 Å². The molecule has 0 aromatic carbocycles. The maximum Gasteiger partial charge on any atom is 0.397 e. The van der Waals surface area contributed by atoms with Crippen LogP contribution in [0.2, 0.25) is 0 Å². The summed E-state index contributed by atoms with van der Waals surface area (Å²) >= 11 is 0. The van der Waals surface area contributed by atoms with Crippen molar-refractivity contribution in [2.75, 3.05) is 13.1 Å². The lowest BCUT2D eigenvalue weighted by atomic mass is 10.7. The van der Waals surface area contributed by atoms with Crippen molar-refractivity contribution < 1.29 is 14.4 Å². The summed E-state index contributed by atoms with van der Waals surface area (Å²) < 4.78 is 9.10. The number of hydrogen-bond donors (Lipinski definition) is 5. The van der Waals surface area contributed by atoms with Gasteiger partial charge in [0.15, 0.2) is 0 Å². The summed E-state index contributed by atoms with van der Waals surface area (Å²) in [5.41, 5.74) is 13.8. The Kier molecular flexibility index (Phi) is 8.06. The molecule has 8 N–H and O–H groups in total. The lowest BCUT2D eigenvalue weighted by molar-refractivity contribution is 0.374. The monoisotopic (exact) mass is 157 g/mol. The molecule has 0 atom stereocenters. The van der Waals surface area contributed by atoms with Gasteiger partial charge in [-0.05, 0) is 0 Å². The van der Waals surface area contributed by atoms with Gasteiger partial charge in [0.2, 0.25) is 0 Å². The molecular weight excluding hydrogens is 145 g/mol. The fourth-order valence-corrected chi connectivity index (χ4v) is 0. The lowest BCUT2D eigenvalue weighted by Crippen LogP contribution is -2.11. The summed E-state index contributed by atoms with van der Waals surface area (Å²) in [6.07, 6.45) is 0. The maximum atomic E-state index is 9.10. The summed E-state index contributed by atoms with van der Waals surface area (Å²) in [6.45, 7) is 1.19. The summed E-state index contributed by atoms with van der Waals surface area (Å²) in [7, 11) is -4.14. The van der Waals surface area contributed by atoms with Crippen LogP contribution in [0.25, 0.3) is 0 Å². The van der Waals surface area contributed by atoms with Crippen LogP contribution in [0, 0.1) is 0 Å². The molecule has 7 heteroatoms. The molecule has 0 aliphatic carbocycles. The topological polar surface area (TPSA) is 136 Å². The van der Waals surface area contributed by atoms with E-state index < -0.39 is 7.75 Å². The molecule has 0 aromatic heterocycles. The van der Waals surface area contributed by atoms with Crippen LogP contribution < -0.4 is 17.0 Å². The number of hydrogen-bond acceptors (Lipinski definition) is 3. The van der Waals surface area contributed by atoms with Crippen LogP contribution in [0.5, 0.6) is 0 Å². The minimum atomic E-state index is -4.14. The molecule has 0 fully saturated rings. The fourth-order valence-electron chi connectivity index (χ4n) is 0. The van der Waals surface area contributed by atoms with Gasteiger partial charge in [0.05, 0.1) is 0 Å². The van der Waals surface area contributed by atoms with E-state index in [4.69, 9.17) is 25.8 Å². The quantitative estimate of drug-likeness (QED) is 0.278. The molecule has 9 heavy (non-hydrogen) atoms. The molecule has 0 aliphatic rings. The second kappa shape index (κ2) is 6.15. The van der Waals surface area contributed by atoms with Gasteiger partial charge in [-0.1, -0.05) is 0 Å². The largest absolute Gasteiger partial charge is 0.397 e. The van der Waals surface area contributed by atoms with Crippen LogP contribution in [0.15, 0.2) is 0 Å². The summed E-state index contributed by atoms with van der Waals surface area (Å²) in [4.78, 5) is 14.8. The Balaban J connectivity index is 0. The minimum absolute atomic E-state index is 0.597. The van der Waals surface area contributed by atoms with Crippen molar-refractivity contribution in [2.24, 2.45) is 17.0 Å². The second-order valence-electron chi connectivity index (χ2n) is 1.17. The highest BCUT2D eigenvalue weighted by atomic mass is 31.2. The Bertz CT molecular complexity index is 80.8. The molecule has 0 saturated heterocycles. The average molecular weight is 157 g/mol.